The Balaban J connectivity index is 1.16. The molecular weight excluding hydrogens is 418 g/mol. The molecule has 0 saturated heterocycles. The molecule has 0 fully saturated rings. The molecule has 0 spiro atoms. The molecule has 32 heavy (non-hydrogen) atoms. The number of hydrogen-bond donors (Lipinski definition) is 2. The fourth-order valence-electron chi connectivity index (χ4n) is 3.81. The van der Waals surface area contributed by atoms with Crippen molar-refractivity contribution >= 4 is 28.8 Å². The molecule has 0 saturated carbocycles. The number of thiocarbonyl (C=S) groups is 1. The molecule has 0 aliphatic heterocycles. The van der Waals surface area contributed by atoms with Crippen LogP contribution in [0.2, 0.25) is 0 Å². The minimum absolute atomic E-state index is 0.0590. The van der Waals surface area contributed by atoms with Crippen LogP contribution >= 0.6 is 12.2 Å². The smallest absolute Gasteiger partial charge is 0.194 e. The standard InChI is InChI=1S/C26H27N3O2S/c1-29(18-19-7-3-2-4-8-19)14-16-31-15-13-27-26(32)28-20-11-12-22-21-9-5-6-10-23(21)25(30)24(22)17-20/h2-12,17H,13-16,18H2,1H3,(H2,27,28,32). The number of anilines is 1. The number of benzene rings is 3. The lowest BCUT2D eigenvalue weighted by Crippen LogP contribution is -2.32. The van der Waals surface area contributed by atoms with Gasteiger partial charge in [0.05, 0.1) is 13.2 Å². The van der Waals surface area contributed by atoms with E-state index in [-0.39, 0.29) is 5.78 Å². The van der Waals surface area contributed by atoms with Crippen LogP contribution < -0.4 is 10.6 Å². The summed E-state index contributed by atoms with van der Waals surface area (Å²) in [5, 5.41) is 6.82. The van der Waals surface area contributed by atoms with Gasteiger partial charge in [0.25, 0.3) is 0 Å². The van der Waals surface area contributed by atoms with Gasteiger partial charge in [0, 0.05) is 36.4 Å². The summed E-state index contributed by atoms with van der Waals surface area (Å²) in [6, 6.07) is 23.9. The maximum Gasteiger partial charge on any atom is 0.194 e. The molecule has 164 valence electrons. The number of nitrogens with zero attached hydrogens (tertiary/aromatic N) is 1. The number of hydrogen-bond acceptors (Lipinski definition) is 4. The van der Waals surface area contributed by atoms with Crippen LogP contribution in [-0.2, 0) is 11.3 Å². The highest BCUT2D eigenvalue weighted by atomic mass is 32.1. The lowest BCUT2D eigenvalue weighted by molar-refractivity contribution is 0.104. The molecule has 3 aromatic carbocycles. The first kappa shape index (κ1) is 22.1. The van der Waals surface area contributed by atoms with Gasteiger partial charge in [0.2, 0.25) is 0 Å². The summed E-state index contributed by atoms with van der Waals surface area (Å²) < 4.78 is 5.72. The number of ether oxygens (including phenoxy) is 1. The molecule has 1 aliphatic carbocycles. The molecule has 1 aliphatic rings. The van der Waals surface area contributed by atoms with Crippen molar-refractivity contribution in [1.29, 1.82) is 0 Å². The number of nitrogens with one attached hydrogen (secondary N) is 2. The van der Waals surface area contributed by atoms with E-state index in [9.17, 15) is 4.79 Å². The number of carbonyl (C=O) groups is 1. The van der Waals surface area contributed by atoms with Crippen LogP contribution in [0.3, 0.4) is 0 Å². The number of likely N-dealkylation sites (N-methyl/N-ethyl adjacent to an activating group) is 1. The van der Waals surface area contributed by atoms with Gasteiger partial charge in [-0.1, -0.05) is 60.7 Å². The van der Waals surface area contributed by atoms with Crippen molar-refractivity contribution in [2.45, 2.75) is 6.54 Å². The van der Waals surface area contributed by atoms with E-state index >= 15 is 0 Å². The first-order valence-electron chi connectivity index (χ1n) is 10.7. The second-order valence-electron chi connectivity index (χ2n) is 7.85. The molecule has 0 amide bonds. The predicted molar refractivity (Wildman–Crippen MR) is 133 cm³/mol. The molecule has 2 N–H and O–H groups in total. The first-order valence-corrected chi connectivity index (χ1v) is 11.2. The average Bonchev–Trinajstić information content (AvgIpc) is 3.08. The molecule has 0 aromatic heterocycles. The van der Waals surface area contributed by atoms with Gasteiger partial charge in [-0.15, -0.1) is 0 Å². The van der Waals surface area contributed by atoms with E-state index in [4.69, 9.17) is 17.0 Å². The molecule has 0 unspecified atom stereocenters. The molecule has 0 atom stereocenters. The molecule has 5 nitrogen and oxygen atoms in total. The summed E-state index contributed by atoms with van der Waals surface area (Å²) in [7, 11) is 2.09. The Labute approximate surface area is 194 Å². The zero-order valence-corrected chi connectivity index (χ0v) is 19.0. The maximum atomic E-state index is 12.7. The largest absolute Gasteiger partial charge is 0.378 e. The van der Waals surface area contributed by atoms with Crippen molar-refractivity contribution in [1.82, 2.24) is 10.2 Å². The number of fused-ring (bicyclic) bond motifs is 3. The average molecular weight is 446 g/mol. The summed E-state index contributed by atoms with van der Waals surface area (Å²) in [5.41, 5.74) is 5.52. The van der Waals surface area contributed by atoms with Gasteiger partial charge in [-0.2, -0.15) is 0 Å². The van der Waals surface area contributed by atoms with Gasteiger partial charge in [-0.3, -0.25) is 9.69 Å². The van der Waals surface area contributed by atoms with E-state index in [1.807, 2.05) is 48.5 Å². The summed E-state index contributed by atoms with van der Waals surface area (Å²) in [6.45, 7) is 3.62. The Bertz CT molecular complexity index is 1100. The minimum atomic E-state index is 0.0590. The van der Waals surface area contributed by atoms with Gasteiger partial charge in [-0.25, -0.2) is 0 Å². The second-order valence-corrected chi connectivity index (χ2v) is 8.26. The third kappa shape index (κ3) is 5.40. The quantitative estimate of drug-likeness (QED) is 0.295. The normalized spacial score (nSPS) is 11.9. The lowest BCUT2D eigenvalue weighted by Gasteiger charge is -2.17. The van der Waals surface area contributed by atoms with Crippen molar-refractivity contribution in [2.75, 3.05) is 38.7 Å². The minimum Gasteiger partial charge on any atom is -0.378 e. The highest BCUT2D eigenvalue weighted by Crippen LogP contribution is 2.37. The summed E-state index contributed by atoms with van der Waals surface area (Å²) in [6.07, 6.45) is 0. The Kier molecular flexibility index (Phi) is 7.27. The zero-order valence-electron chi connectivity index (χ0n) is 18.1. The molecule has 4 rings (SSSR count). The van der Waals surface area contributed by atoms with Gasteiger partial charge in [-0.05, 0) is 48.1 Å². The fraction of sp³-hybridized carbons (Fsp3) is 0.231. The highest BCUT2D eigenvalue weighted by Gasteiger charge is 2.26. The summed E-state index contributed by atoms with van der Waals surface area (Å²) in [4.78, 5) is 14.9. The molecule has 0 bridgehead atoms. The molecule has 6 heteroatoms. The van der Waals surface area contributed by atoms with E-state index < -0.39 is 0 Å². The fourth-order valence-corrected chi connectivity index (χ4v) is 4.03. The van der Waals surface area contributed by atoms with Gasteiger partial charge < -0.3 is 15.4 Å². The molecular formula is C26H27N3O2S. The number of carbonyl (C=O) groups excluding carboxylic acids is 1. The van der Waals surface area contributed by atoms with Crippen LogP contribution in [0.15, 0.2) is 72.8 Å². The predicted octanol–water partition coefficient (Wildman–Crippen LogP) is 4.33. The van der Waals surface area contributed by atoms with Crippen LogP contribution in [0, 0.1) is 0 Å². The van der Waals surface area contributed by atoms with Crippen LogP contribution in [0.5, 0.6) is 0 Å². The van der Waals surface area contributed by atoms with Crippen LogP contribution in [0.4, 0.5) is 5.69 Å². The number of ketones is 1. The number of rotatable bonds is 9. The third-order valence-corrected chi connectivity index (χ3v) is 5.67. The van der Waals surface area contributed by atoms with E-state index in [0.29, 0.717) is 30.4 Å². The topological polar surface area (TPSA) is 53.6 Å². The molecule has 3 aromatic rings. The summed E-state index contributed by atoms with van der Waals surface area (Å²) >= 11 is 5.38. The van der Waals surface area contributed by atoms with Crippen molar-refractivity contribution < 1.29 is 9.53 Å². The Morgan fingerprint density at radius 3 is 2.44 bits per heavy atom. The van der Waals surface area contributed by atoms with E-state index in [1.54, 1.807) is 0 Å². The maximum absolute atomic E-state index is 12.7. The Morgan fingerprint density at radius 2 is 1.62 bits per heavy atom. The zero-order chi connectivity index (χ0) is 22.3. The Morgan fingerprint density at radius 1 is 0.906 bits per heavy atom. The monoisotopic (exact) mass is 445 g/mol. The van der Waals surface area contributed by atoms with Crippen LogP contribution in [0.25, 0.3) is 11.1 Å². The SMILES string of the molecule is CN(CCOCCNC(=S)Nc1ccc2c(c1)C(=O)c1ccccc1-2)Cc1ccccc1. The van der Waals surface area contributed by atoms with Crippen LogP contribution in [0.1, 0.15) is 21.5 Å². The van der Waals surface area contributed by atoms with Crippen molar-refractivity contribution in [2.24, 2.45) is 0 Å². The van der Waals surface area contributed by atoms with Crippen LogP contribution in [-0.4, -0.2) is 49.1 Å². The van der Waals surface area contributed by atoms with Crippen molar-refractivity contribution in [3.63, 3.8) is 0 Å². The van der Waals surface area contributed by atoms with Gasteiger partial charge in [0.15, 0.2) is 10.9 Å². The first-order chi connectivity index (χ1) is 15.6. The summed E-state index contributed by atoms with van der Waals surface area (Å²) in [5.74, 6) is 0.0590. The van der Waals surface area contributed by atoms with E-state index in [0.717, 1.165) is 35.5 Å². The van der Waals surface area contributed by atoms with Gasteiger partial charge in [0.1, 0.15) is 0 Å². The highest BCUT2D eigenvalue weighted by molar-refractivity contribution is 7.80. The van der Waals surface area contributed by atoms with E-state index in [2.05, 4.69) is 46.8 Å². The lowest BCUT2D eigenvalue weighted by atomic mass is 10.1. The van der Waals surface area contributed by atoms with Gasteiger partial charge >= 0.3 is 0 Å². The second kappa shape index (κ2) is 10.5. The van der Waals surface area contributed by atoms with E-state index in [1.165, 1.54) is 5.56 Å². The Hall–Kier alpha value is -3.06. The van der Waals surface area contributed by atoms with Crippen molar-refractivity contribution in [3.05, 3.63) is 89.5 Å². The molecule has 0 heterocycles. The molecule has 0 radical (unpaired) electrons. The van der Waals surface area contributed by atoms with Crippen molar-refractivity contribution in [3.8, 4) is 11.1 Å². The third-order valence-electron chi connectivity index (χ3n) is 5.43.